The fourth-order valence-corrected chi connectivity index (χ4v) is 9.47. The Morgan fingerprint density at radius 2 is 0.580 bits per heavy atom. The number of aliphatic hydroxyl groups excluding tert-OH is 1. The second kappa shape index (κ2) is 60.4. The van der Waals surface area contributed by atoms with Crippen molar-refractivity contribution in [3.8, 4) is 0 Å². The summed E-state index contributed by atoms with van der Waals surface area (Å²) in [5.74, 6) is -0.583. The molecule has 0 radical (unpaired) electrons. The number of aliphatic hydroxyl groups is 1. The Bertz CT molecular complexity index is 1100. The van der Waals surface area contributed by atoms with Crippen LogP contribution >= 0.6 is 0 Å². The normalized spacial score (nSPS) is 12.3. The Labute approximate surface area is 431 Å². The maximum Gasteiger partial charge on any atom is 0.306 e. The molecule has 0 bridgehead atoms. The third-order valence-electron chi connectivity index (χ3n) is 14.2. The maximum atomic E-state index is 12.3. The van der Waals surface area contributed by atoms with E-state index in [2.05, 4.69) is 50.3 Å². The average Bonchev–Trinajstić information content (AvgIpc) is 3.35. The Morgan fingerprint density at radius 1 is 0.333 bits per heavy atom. The largest absolute Gasteiger partial charge is 0.462 e. The summed E-state index contributed by atoms with van der Waals surface area (Å²) >= 11 is 0. The lowest BCUT2D eigenvalue weighted by atomic mass is 10.0. The van der Waals surface area contributed by atoms with Crippen LogP contribution in [0.15, 0.2) is 36.5 Å². The molecule has 1 atom stereocenters. The van der Waals surface area contributed by atoms with Gasteiger partial charge in [-0.15, -0.1) is 0 Å². The topological polar surface area (TPSA) is 72.8 Å². The first kappa shape index (κ1) is 67.1. The van der Waals surface area contributed by atoms with Gasteiger partial charge in [0.05, 0.1) is 6.61 Å². The van der Waals surface area contributed by atoms with Gasteiger partial charge in [-0.25, -0.2) is 0 Å². The van der Waals surface area contributed by atoms with Crippen molar-refractivity contribution in [3.63, 3.8) is 0 Å². The summed E-state index contributed by atoms with van der Waals surface area (Å²) in [6.45, 7) is 4.16. The van der Waals surface area contributed by atoms with E-state index in [4.69, 9.17) is 9.47 Å². The zero-order valence-electron chi connectivity index (χ0n) is 46.6. The van der Waals surface area contributed by atoms with Gasteiger partial charge in [0.25, 0.3) is 0 Å². The third-order valence-corrected chi connectivity index (χ3v) is 14.2. The maximum absolute atomic E-state index is 12.3. The lowest BCUT2D eigenvalue weighted by Crippen LogP contribution is -2.28. The first-order valence-corrected chi connectivity index (χ1v) is 31.0. The van der Waals surface area contributed by atoms with Crippen molar-refractivity contribution in [3.05, 3.63) is 36.5 Å². The Hall–Kier alpha value is -1.88. The number of esters is 2. The van der Waals surface area contributed by atoms with Crippen molar-refractivity contribution in [2.75, 3.05) is 13.2 Å². The van der Waals surface area contributed by atoms with Gasteiger partial charge < -0.3 is 14.6 Å². The van der Waals surface area contributed by atoms with Crippen LogP contribution in [0.5, 0.6) is 0 Å². The van der Waals surface area contributed by atoms with Crippen LogP contribution < -0.4 is 0 Å². The highest BCUT2D eigenvalue weighted by atomic mass is 16.6. The zero-order valence-corrected chi connectivity index (χ0v) is 46.6. The molecule has 406 valence electrons. The number of unbranched alkanes of at least 4 members (excludes halogenated alkanes) is 44. The molecule has 0 heterocycles. The van der Waals surface area contributed by atoms with E-state index < -0.39 is 6.10 Å². The molecule has 0 fully saturated rings. The van der Waals surface area contributed by atoms with Crippen molar-refractivity contribution in [1.82, 2.24) is 0 Å². The number of allylic oxidation sites excluding steroid dienone is 6. The molecule has 0 aromatic carbocycles. The first-order chi connectivity index (χ1) is 34.1. The zero-order chi connectivity index (χ0) is 49.9. The number of carbonyl (C=O) groups is 2. The van der Waals surface area contributed by atoms with Gasteiger partial charge >= 0.3 is 11.9 Å². The molecule has 0 spiro atoms. The molecule has 5 nitrogen and oxygen atoms in total. The minimum atomic E-state index is -0.774. The molecule has 0 aliphatic heterocycles. The quantitative estimate of drug-likeness (QED) is 0.0373. The molecule has 0 aliphatic carbocycles. The SMILES string of the molecule is CCCCCC/C=C\C/C=C\CCCCCCCCCC(=O)OC(CO)COC(=O)CCCCCCCCCCCCCCCCCCCCCCCCCCC/C=C\CCCCCCCCCC. The number of hydrogen-bond acceptors (Lipinski definition) is 5. The monoisotopic (exact) mass is 969 g/mol. The lowest BCUT2D eigenvalue weighted by molar-refractivity contribution is -0.161. The second-order valence-corrected chi connectivity index (χ2v) is 21.1. The minimum Gasteiger partial charge on any atom is -0.462 e. The van der Waals surface area contributed by atoms with Crippen LogP contribution in [-0.4, -0.2) is 36.4 Å². The van der Waals surface area contributed by atoms with Gasteiger partial charge in [-0.3, -0.25) is 9.59 Å². The second-order valence-electron chi connectivity index (χ2n) is 21.1. The predicted octanol–water partition coefficient (Wildman–Crippen LogP) is 21.0. The molecular weight excluding hydrogens is 849 g/mol. The van der Waals surface area contributed by atoms with E-state index in [1.165, 1.54) is 263 Å². The van der Waals surface area contributed by atoms with E-state index in [-0.39, 0.29) is 25.2 Å². The van der Waals surface area contributed by atoms with E-state index in [1.807, 2.05) is 0 Å². The molecule has 0 saturated heterocycles. The molecule has 0 rings (SSSR count). The number of carbonyl (C=O) groups excluding carboxylic acids is 2. The Kier molecular flexibility index (Phi) is 58.8. The smallest absolute Gasteiger partial charge is 0.306 e. The summed E-state index contributed by atoms with van der Waals surface area (Å²) < 4.78 is 10.7. The van der Waals surface area contributed by atoms with Crippen LogP contribution in [0.4, 0.5) is 0 Å². The molecule has 0 saturated carbocycles. The summed E-state index contributed by atoms with van der Waals surface area (Å²) in [5, 5.41) is 9.65. The number of ether oxygens (including phenoxy) is 2. The van der Waals surface area contributed by atoms with E-state index in [0.717, 1.165) is 51.4 Å². The summed E-state index contributed by atoms with van der Waals surface area (Å²) in [5.41, 5.74) is 0. The molecule has 69 heavy (non-hydrogen) atoms. The Balaban J connectivity index is 3.38. The molecule has 1 N–H and O–H groups in total. The van der Waals surface area contributed by atoms with Crippen LogP contribution in [0.25, 0.3) is 0 Å². The highest BCUT2D eigenvalue weighted by Crippen LogP contribution is 2.18. The summed E-state index contributed by atoms with van der Waals surface area (Å²) in [6, 6.07) is 0. The van der Waals surface area contributed by atoms with Gasteiger partial charge in [0.1, 0.15) is 6.61 Å². The van der Waals surface area contributed by atoms with E-state index in [0.29, 0.717) is 12.8 Å². The predicted molar refractivity (Wildman–Crippen MR) is 302 cm³/mol. The van der Waals surface area contributed by atoms with Gasteiger partial charge in [-0.1, -0.05) is 294 Å². The van der Waals surface area contributed by atoms with E-state index in [1.54, 1.807) is 0 Å². The Morgan fingerprint density at radius 3 is 0.884 bits per heavy atom. The molecule has 0 aromatic heterocycles. The van der Waals surface area contributed by atoms with Gasteiger partial charge in [-0.05, 0) is 70.6 Å². The standard InChI is InChI=1S/C64H120O5/c1-3-5-7-9-11-13-15-17-19-21-23-24-25-26-27-28-29-30-31-32-33-34-35-36-37-38-39-40-41-43-44-46-48-50-52-54-56-58-63(66)68-61-62(60-65)69-64(67)59-57-55-53-51-49-47-45-42-22-20-18-16-14-12-10-8-6-4-2/h14,16,20-23,62,65H,3-13,15,17-19,24-61H2,1-2H3/b16-14-,22-20-,23-21-. The number of hydrogen-bond donors (Lipinski definition) is 1. The fraction of sp³-hybridized carbons (Fsp3) is 0.875. The van der Waals surface area contributed by atoms with Crippen molar-refractivity contribution >= 4 is 11.9 Å². The van der Waals surface area contributed by atoms with Gasteiger partial charge in [-0.2, -0.15) is 0 Å². The van der Waals surface area contributed by atoms with Gasteiger partial charge in [0.2, 0.25) is 0 Å². The van der Waals surface area contributed by atoms with Gasteiger partial charge in [0, 0.05) is 12.8 Å². The van der Waals surface area contributed by atoms with Crippen molar-refractivity contribution in [2.45, 2.75) is 347 Å². The highest BCUT2D eigenvalue weighted by molar-refractivity contribution is 5.70. The van der Waals surface area contributed by atoms with Crippen LogP contribution in [0.2, 0.25) is 0 Å². The number of rotatable bonds is 58. The van der Waals surface area contributed by atoms with Gasteiger partial charge in [0.15, 0.2) is 6.10 Å². The van der Waals surface area contributed by atoms with Crippen LogP contribution in [0.3, 0.4) is 0 Å². The minimum absolute atomic E-state index is 0.0647. The molecule has 0 aromatic rings. The first-order valence-electron chi connectivity index (χ1n) is 31.0. The average molecular weight is 970 g/mol. The summed E-state index contributed by atoms with van der Waals surface area (Å²) in [7, 11) is 0. The molecule has 0 amide bonds. The molecule has 1 unspecified atom stereocenters. The van der Waals surface area contributed by atoms with Crippen LogP contribution in [-0.2, 0) is 19.1 Å². The van der Waals surface area contributed by atoms with Crippen LogP contribution in [0.1, 0.15) is 341 Å². The van der Waals surface area contributed by atoms with E-state index >= 15 is 0 Å². The van der Waals surface area contributed by atoms with Crippen LogP contribution in [0, 0.1) is 0 Å². The van der Waals surface area contributed by atoms with E-state index in [9.17, 15) is 14.7 Å². The fourth-order valence-electron chi connectivity index (χ4n) is 9.47. The van der Waals surface area contributed by atoms with Crippen molar-refractivity contribution < 1.29 is 24.2 Å². The summed E-state index contributed by atoms with van der Waals surface area (Å²) in [6.07, 6.45) is 78.7. The summed E-state index contributed by atoms with van der Waals surface area (Å²) in [4.78, 5) is 24.5. The van der Waals surface area contributed by atoms with Crippen molar-refractivity contribution in [2.24, 2.45) is 0 Å². The third kappa shape index (κ3) is 58.6. The van der Waals surface area contributed by atoms with Crippen molar-refractivity contribution in [1.29, 1.82) is 0 Å². The highest BCUT2D eigenvalue weighted by Gasteiger charge is 2.16. The lowest BCUT2D eigenvalue weighted by Gasteiger charge is -2.15. The molecule has 5 heteroatoms. The molecular formula is C64H120O5. The molecule has 0 aliphatic rings.